The summed E-state index contributed by atoms with van der Waals surface area (Å²) in [6.07, 6.45) is 56.7. The molecule has 0 aliphatic heterocycles. The molecule has 0 aromatic rings. The van der Waals surface area contributed by atoms with Gasteiger partial charge >= 0.3 is 39.5 Å². The Hall–Kier alpha value is -1.94. The van der Waals surface area contributed by atoms with Crippen molar-refractivity contribution < 1.29 is 80.2 Å². The number of unbranched alkanes of at least 4 members (excludes halogenated alkanes) is 44. The highest BCUT2D eigenvalue weighted by Crippen LogP contribution is 2.45. The average molecular weight is 1440 g/mol. The minimum absolute atomic E-state index is 0.106. The first-order valence-corrected chi connectivity index (χ1v) is 43.9. The zero-order chi connectivity index (χ0) is 72.3. The molecule has 3 N–H and O–H groups in total. The topological polar surface area (TPSA) is 237 Å². The van der Waals surface area contributed by atoms with E-state index in [1.807, 2.05) is 0 Å². The zero-order valence-corrected chi connectivity index (χ0v) is 66.0. The molecule has 0 aliphatic rings. The van der Waals surface area contributed by atoms with Gasteiger partial charge in [-0.15, -0.1) is 0 Å². The van der Waals surface area contributed by atoms with Crippen LogP contribution in [0.5, 0.6) is 0 Å². The number of hydrogen-bond acceptors (Lipinski definition) is 15. The Morgan fingerprint density at radius 2 is 0.520 bits per heavy atom. The maximum Gasteiger partial charge on any atom is 0.472 e. The quantitative estimate of drug-likeness (QED) is 0.0222. The highest BCUT2D eigenvalue weighted by Gasteiger charge is 2.30. The molecule has 0 saturated carbocycles. The fourth-order valence-electron chi connectivity index (χ4n) is 12.1. The van der Waals surface area contributed by atoms with Gasteiger partial charge in [-0.2, -0.15) is 0 Å². The summed E-state index contributed by atoms with van der Waals surface area (Å²) in [4.78, 5) is 73.0. The standard InChI is InChI=1S/C79H154O17P2/c1-8-10-11-12-13-14-15-16-17-18-19-20-21-22-34-41-48-55-62-78(83)95-74(66-90-77(82)61-54-47-40-33-28-25-31-38-45-52-59-72(7)9-2)68-93-97(85,86)91-64-73(80)65-92-98(87,88)94-69-75(96-79(84)63-56-49-42-35-27-24-30-37-44-51-58-71(5)6)67-89-76(81)60-53-46-39-32-26-23-29-36-43-50-57-70(3)4/h70-75,80H,8-69H2,1-7H3,(H,85,86)(H,87,88)/t72?,73-,74-,75-/m1/s1. The van der Waals surface area contributed by atoms with Crippen LogP contribution < -0.4 is 0 Å². The zero-order valence-electron chi connectivity index (χ0n) is 64.3. The lowest BCUT2D eigenvalue weighted by molar-refractivity contribution is -0.161. The van der Waals surface area contributed by atoms with Crippen LogP contribution in [0.4, 0.5) is 0 Å². The normalized spacial score (nSPS) is 14.3. The second-order valence-corrected chi connectivity index (χ2v) is 32.6. The van der Waals surface area contributed by atoms with Gasteiger partial charge in [0, 0.05) is 25.7 Å². The van der Waals surface area contributed by atoms with E-state index >= 15 is 0 Å². The lowest BCUT2D eigenvalue weighted by atomic mass is 9.99. The second-order valence-electron chi connectivity index (χ2n) is 29.6. The van der Waals surface area contributed by atoms with Crippen molar-refractivity contribution >= 4 is 39.5 Å². The molecule has 0 saturated heterocycles. The number of carbonyl (C=O) groups excluding carboxylic acids is 4. The van der Waals surface area contributed by atoms with E-state index in [1.54, 1.807) is 0 Å². The number of ether oxygens (including phenoxy) is 4. The average Bonchev–Trinajstić information content (AvgIpc) is 1.60. The van der Waals surface area contributed by atoms with Crippen LogP contribution in [0.3, 0.4) is 0 Å². The molecule has 0 heterocycles. The van der Waals surface area contributed by atoms with E-state index in [2.05, 4.69) is 48.5 Å². The van der Waals surface area contributed by atoms with Gasteiger partial charge in [0.05, 0.1) is 26.4 Å². The fraction of sp³-hybridized carbons (Fsp3) is 0.949. The van der Waals surface area contributed by atoms with Gasteiger partial charge in [0.15, 0.2) is 12.2 Å². The van der Waals surface area contributed by atoms with Crippen molar-refractivity contribution in [3.63, 3.8) is 0 Å². The van der Waals surface area contributed by atoms with Crippen LogP contribution in [0.2, 0.25) is 0 Å². The highest BCUT2D eigenvalue weighted by molar-refractivity contribution is 7.47. The SMILES string of the molecule is CCCCCCCCCCCCCCCCCCCCC(=O)O[C@H](COC(=O)CCCCCCCCCCCCC(C)CC)COP(=O)(O)OC[C@@H](O)COP(=O)(O)OC[C@@H](COC(=O)CCCCCCCCCCCCC(C)C)OC(=O)CCCCCCCCCCCCC(C)C. The number of aliphatic hydroxyl groups is 1. The second kappa shape index (κ2) is 69.4. The lowest BCUT2D eigenvalue weighted by Gasteiger charge is -2.21. The summed E-state index contributed by atoms with van der Waals surface area (Å²) >= 11 is 0. The molecule has 0 radical (unpaired) electrons. The van der Waals surface area contributed by atoms with Crippen molar-refractivity contribution in [2.75, 3.05) is 39.6 Å². The van der Waals surface area contributed by atoms with E-state index in [0.717, 1.165) is 108 Å². The predicted molar refractivity (Wildman–Crippen MR) is 400 cm³/mol. The van der Waals surface area contributed by atoms with Gasteiger partial charge in [0.1, 0.15) is 19.3 Å². The van der Waals surface area contributed by atoms with Gasteiger partial charge in [0.2, 0.25) is 0 Å². The maximum atomic E-state index is 13.1. The van der Waals surface area contributed by atoms with Crippen molar-refractivity contribution in [1.82, 2.24) is 0 Å². The summed E-state index contributed by atoms with van der Waals surface area (Å²) in [5.74, 6) is 0.207. The molecule has 0 fully saturated rings. The van der Waals surface area contributed by atoms with E-state index in [4.69, 9.17) is 37.0 Å². The molecule has 0 bridgehead atoms. The molecule has 0 rings (SSSR count). The Labute approximate surface area is 600 Å². The molecule has 6 atom stereocenters. The molecule has 0 aliphatic carbocycles. The third-order valence-electron chi connectivity index (χ3n) is 18.7. The first-order chi connectivity index (χ1) is 47.3. The monoisotopic (exact) mass is 1440 g/mol. The van der Waals surface area contributed by atoms with E-state index in [9.17, 15) is 43.2 Å². The Balaban J connectivity index is 5.27. The summed E-state index contributed by atoms with van der Waals surface area (Å²) in [6.45, 7) is 11.9. The number of phosphoric ester groups is 2. The first-order valence-electron chi connectivity index (χ1n) is 40.9. The van der Waals surface area contributed by atoms with Crippen molar-refractivity contribution in [2.45, 2.75) is 426 Å². The molecule has 0 aromatic heterocycles. The van der Waals surface area contributed by atoms with Gasteiger partial charge in [-0.1, -0.05) is 357 Å². The summed E-state index contributed by atoms with van der Waals surface area (Å²) in [5, 5.41) is 10.6. The fourth-order valence-corrected chi connectivity index (χ4v) is 13.7. The number of hydrogen-bond donors (Lipinski definition) is 3. The summed E-state index contributed by atoms with van der Waals surface area (Å²) in [6, 6.07) is 0. The molecule has 19 heteroatoms. The van der Waals surface area contributed by atoms with Crippen molar-refractivity contribution in [3.05, 3.63) is 0 Å². The van der Waals surface area contributed by atoms with Gasteiger partial charge in [0.25, 0.3) is 0 Å². The molecule has 17 nitrogen and oxygen atoms in total. The molecule has 3 unspecified atom stereocenters. The first kappa shape index (κ1) is 96.1. The van der Waals surface area contributed by atoms with Gasteiger partial charge in [-0.05, 0) is 43.4 Å². The number of phosphoric acid groups is 2. The van der Waals surface area contributed by atoms with E-state index < -0.39 is 97.5 Å². The summed E-state index contributed by atoms with van der Waals surface area (Å²) in [5.41, 5.74) is 0. The number of rotatable bonds is 77. The molecule has 0 spiro atoms. The van der Waals surface area contributed by atoms with E-state index in [-0.39, 0.29) is 25.7 Å². The van der Waals surface area contributed by atoms with E-state index in [1.165, 1.54) is 218 Å². The summed E-state index contributed by atoms with van der Waals surface area (Å²) < 4.78 is 68.7. The molecular weight excluding hydrogens is 1280 g/mol. The summed E-state index contributed by atoms with van der Waals surface area (Å²) in [7, 11) is -9.92. The minimum atomic E-state index is -4.96. The Kier molecular flexibility index (Phi) is 68.1. The van der Waals surface area contributed by atoms with Crippen LogP contribution in [0.1, 0.15) is 408 Å². The van der Waals surface area contributed by atoms with Crippen LogP contribution in [0, 0.1) is 17.8 Å². The molecule has 0 amide bonds. The Bertz CT molecular complexity index is 1910. The number of esters is 4. The van der Waals surface area contributed by atoms with Crippen molar-refractivity contribution in [3.8, 4) is 0 Å². The number of aliphatic hydroxyl groups excluding tert-OH is 1. The van der Waals surface area contributed by atoms with E-state index in [0.29, 0.717) is 25.7 Å². The molecule has 0 aromatic carbocycles. The maximum absolute atomic E-state index is 13.1. The molecule has 98 heavy (non-hydrogen) atoms. The van der Waals surface area contributed by atoms with Crippen molar-refractivity contribution in [1.29, 1.82) is 0 Å². The van der Waals surface area contributed by atoms with Crippen LogP contribution in [-0.2, 0) is 65.4 Å². The van der Waals surface area contributed by atoms with Crippen LogP contribution >= 0.6 is 15.6 Å². The van der Waals surface area contributed by atoms with Crippen molar-refractivity contribution in [2.24, 2.45) is 17.8 Å². The molecule has 582 valence electrons. The van der Waals surface area contributed by atoms with Gasteiger partial charge < -0.3 is 33.8 Å². The molecular formula is C79H154O17P2. The van der Waals surface area contributed by atoms with Crippen LogP contribution in [0.25, 0.3) is 0 Å². The van der Waals surface area contributed by atoms with Gasteiger partial charge in [-0.25, -0.2) is 9.13 Å². The Morgan fingerprint density at radius 3 is 0.776 bits per heavy atom. The van der Waals surface area contributed by atoms with Gasteiger partial charge in [-0.3, -0.25) is 37.3 Å². The Morgan fingerprint density at radius 1 is 0.296 bits per heavy atom. The largest absolute Gasteiger partial charge is 0.472 e. The minimum Gasteiger partial charge on any atom is -0.462 e. The lowest BCUT2D eigenvalue weighted by Crippen LogP contribution is -2.30. The highest BCUT2D eigenvalue weighted by atomic mass is 31.2. The van der Waals surface area contributed by atoms with Crippen LogP contribution in [-0.4, -0.2) is 96.7 Å². The third-order valence-corrected chi connectivity index (χ3v) is 20.6. The third kappa shape index (κ3) is 71.1. The van der Waals surface area contributed by atoms with Crippen LogP contribution in [0.15, 0.2) is 0 Å². The number of carbonyl (C=O) groups is 4. The predicted octanol–water partition coefficient (Wildman–Crippen LogP) is 23.4. The smallest absolute Gasteiger partial charge is 0.462 e.